The predicted molar refractivity (Wildman–Crippen MR) is 106 cm³/mol. The van der Waals surface area contributed by atoms with E-state index in [1.54, 1.807) is 5.51 Å². The van der Waals surface area contributed by atoms with Crippen molar-refractivity contribution in [3.8, 4) is 0 Å². The molecule has 4 heterocycles. The first kappa shape index (κ1) is 19.8. The number of benzene rings is 1. The fourth-order valence-electron chi connectivity index (χ4n) is 4.45. The van der Waals surface area contributed by atoms with Crippen molar-refractivity contribution in [3.63, 3.8) is 0 Å². The van der Waals surface area contributed by atoms with Crippen molar-refractivity contribution in [1.29, 1.82) is 0 Å². The maximum Gasteiger partial charge on any atom is 0.417 e. The lowest BCUT2D eigenvalue weighted by Gasteiger charge is -2.47. The molecule has 1 amide bonds. The van der Waals surface area contributed by atoms with E-state index in [4.69, 9.17) is 11.6 Å². The summed E-state index contributed by atoms with van der Waals surface area (Å²) in [6.07, 6.45) is -2.20. The third kappa shape index (κ3) is 3.17. The summed E-state index contributed by atoms with van der Waals surface area (Å²) in [5.41, 5.74) is 1.08. The molecule has 2 bridgehead atoms. The van der Waals surface area contributed by atoms with E-state index in [1.165, 1.54) is 28.5 Å². The first-order valence-electron chi connectivity index (χ1n) is 9.53. The Bertz CT molecular complexity index is 1010. The Morgan fingerprint density at radius 3 is 2.87 bits per heavy atom. The average molecular weight is 456 g/mol. The number of aromatic nitrogens is 1. The zero-order valence-electron chi connectivity index (χ0n) is 15.6. The highest BCUT2D eigenvalue weighted by Crippen LogP contribution is 2.38. The summed E-state index contributed by atoms with van der Waals surface area (Å²) < 4.78 is 39.9. The van der Waals surface area contributed by atoms with E-state index in [9.17, 15) is 18.0 Å². The van der Waals surface area contributed by atoms with Crippen molar-refractivity contribution in [2.45, 2.75) is 43.7 Å². The highest BCUT2D eigenvalue weighted by Gasteiger charge is 2.49. The summed E-state index contributed by atoms with van der Waals surface area (Å²) in [5, 5.41) is 10.6. The van der Waals surface area contributed by atoms with Gasteiger partial charge >= 0.3 is 6.18 Å². The summed E-state index contributed by atoms with van der Waals surface area (Å²) in [6, 6.07) is 3.60. The van der Waals surface area contributed by atoms with E-state index in [2.05, 4.69) is 15.4 Å². The Balaban J connectivity index is 1.56. The van der Waals surface area contributed by atoms with Crippen molar-refractivity contribution < 1.29 is 18.0 Å². The van der Waals surface area contributed by atoms with Crippen LogP contribution in [0.25, 0.3) is 0 Å². The Hall–Kier alpha value is -2.17. The van der Waals surface area contributed by atoms with Crippen LogP contribution >= 0.6 is 22.9 Å². The summed E-state index contributed by atoms with van der Waals surface area (Å²) in [6.45, 7) is 0.650. The standard InChI is InChI=1S/C19H17ClF3N5OS/c20-15-11(4-2-5-12(15)19(21,22)23)18(29)28-17-13-6-1-3-10(25-13)7-27(17)16(26-28)14-8-30-9-24-14/h2,4-5,8-10,13,17,25H,1,3,6-7H2. The number of carbonyl (C=O) groups excluding carboxylic acids is 1. The van der Waals surface area contributed by atoms with Crippen LogP contribution in [0.1, 0.15) is 40.9 Å². The highest BCUT2D eigenvalue weighted by molar-refractivity contribution is 7.07. The zero-order valence-corrected chi connectivity index (χ0v) is 17.1. The van der Waals surface area contributed by atoms with Crippen LogP contribution in [0.4, 0.5) is 13.2 Å². The van der Waals surface area contributed by atoms with Crippen LogP contribution in [0.15, 0.2) is 34.2 Å². The lowest BCUT2D eigenvalue weighted by atomic mass is 9.91. The SMILES string of the molecule is O=C(c1cccc(C(F)(F)F)c1Cl)N1N=C(c2cscn2)N2CC3CCCC(N3)C21. The Morgan fingerprint density at radius 1 is 1.30 bits per heavy atom. The number of hydrazone groups is 1. The largest absolute Gasteiger partial charge is 0.417 e. The molecule has 3 unspecified atom stereocenters. The number of piperazine rings is 1. The second kappa shape index (κ2) is 7.21. The number of halogens is 4. The van der Waals surface area contributed by atoms with E-state index in [-0.39, 0.29) is 17.6 Å². The number of hydrogen-bond acceptors (Lipinski definition) is 6. The van der Waals surface area contributed by atoms with Gasteiger partial charge in [0.15, 0.2) is 5.84 Å². The normalized spacial score (nSPS) is 25.9. The van der Waals surface area contributed by atoms with Crippen LogP contribution < -0.4 is 5.32 Å². The number of rotatable bonds is 2. The van der Waals surface area contributed by atoms with Crippen LogP contribution in [0, 0.1) is 0 Å². The molecule has 1 aromatic heterocycles. The van der Waals surface area contributed by atoms with Gasteiger partial charge in [0.2, 0.25) is 0 Å². The Labute approximate surface area is 179 Å². The zero-order chi connectivity index (χ0) is 21.0. The molecule has 3 aliphatic rings. The topological polar surface area (TPSA) is 60.8 Å². The van der Waals surface area contributed by atoms with Crippen LogP contribution in [-0.2, 0) is 6.18 Å². The van der Waals surface area contributed by atoms with E-state index in [1.807, 2.05) is 10.3 Å². The lowest BCUT2D eigenvalue weighted by molar-refractivity contribution is -0.137. The van der Waals surface area contributed by atoms with Gasteiger partial charge in [-0.25, -0.2) is 9.99 Å². The molecule has 3 atom stereocenters. The lowest BCUT2D eigenvalue weighted by Crippen LogP contribution is -2.67. The smallest absolute Gasteiger partial charge is 0.328 e. The molecule has 2 aromatic rings. The highest BCUT2D eigenvalue weighted by atomic mass is 35.5. The molecule has 158 valence electrons. The van der Waals surface area contributed by atoms with Crippen LogP contribution in [0.2, 0.25) is 5.02 Å². The summed E-state index contributed by atoms with van der Waals surface area (Å²) in [5.74, 6) is -0.0896. The monoisotopic (exact) mass is 455 g/mol. The van der Waals surface area contributed by atoms with Crippen molar-refractivity contribution in [2.75, 3.05) is 6.54 Å². The molecule has 1 aromatic carbocycles. The molecule has 11 heteroatoms. The molecular formula is C19H17ClF3N5OS. The third-order valence-electron chi connectivity index (χ3n) is 5.74. The number of carbonyl (C=O) groups is 1. The van der Waals surface area contributed by atoms with Gasteiger partial charge in [-0.2, -0.15) is 13.2 Å². The minimum Gasteiger partial charge on any atom is -0.328 e. The van der Waals surface area contributed by atoms with E-state index < -0.39 is 28.8 Å². The second-order valence-corrected chi connectivity index (χ2v) is 8.68. The number of alkyl halides is 3. The number of nitrogens with one attached hydrogen (secondary N) is 1. The van der Waals surface area contributed by atoms with Gasteiger partial charge in [-0.05, 0) is 25.0 Å². The van der Waals surface area contributed by atoms with Crippen molar-refractivity contribution in [2.24, 2.45) is 5.10 Å². The molecule has 5 rings (SSSR count). The maximum absolute atomic E-state index is 13.4. The number of amidine groups is 1. The molecule has 0 spiro atoms. The first-order chi connectivity index (χ1) is 14.3. The first-order valence-corrected chi connectivity index (χ1v) is 10.9. The van der Waals surface area contributed by atoms with E-state index >= 15 is 0 Å². The summed E-state index contributed by atoms with van der Waals surface area (Å²) in [7, 11) is 0. The predicted octanol–water partition coefficient (Wildman–Crippen LogP) is 3.79. The van der Waals surface area contributed by atoms with E-state index in [0.717, 1.165) is 25.3 Å². The van der Waals surface area contributed by atoms with Gasteiger partial charge in [-0.1, -0.05) is 24.1 Å². The number of piperidine rings is 1. The van der Waals surface area contributed by atoms with Crippen molar-refractivity contribution in [1.82, 2.24) is 20.2 Å². The molecule has 0 saturated carbocycles. The minimum atomic E-state index is -4.65. The van der Waals surface area contributed by atoms with Gasteiger partial charge in [0.1, 0.15) is 11.9 Å². The van der Waals surface area contributed by atoms with Crippen LogP contribution in [-0.4, -0.2) is 51.4 Å². The fraction of sp³-hybridized carbons (Fsp3) is 0.421. The summed E-state index contributed by atoms with van der Waals surface area (Å²) >= 11 is 7.44. The van der Waals surface area contributed by atoms with Gasteiger partial charge in [0.05, 0.1) is 21.7 Å². The third-order valence-corrected chi connectivity index (χ3v) is 6.74. The molecule has 2 fully saturated rings. The van der Waals surface area contributed by atoms with Crippen molar-refractivity contribution in [3.05, 3.63) is 50.9 Å². The molecule has 30 heavy (non-hydrogen) atoms. The molecular weight excluding hydrogens is 439 g/mol. The van der Waals surface area contributed by atoms with E-state index in [0.29, 0.717) is 18.1 Å². The number of thiazole rings is 1. The maximum atomic E-state index is 13.4. The summed E-state index contributed by atoms with van der Waals surface area (Å²) in [4.78, 5) is 19.7. The van der Waals surface area contributed by atoms with Gasteiger partial charge in [-0.3, -0.25) is 4.79 Å². The van der Waals surface area contributed by atoms with Crippen LogP contribution in [0.3, 0.4) is 0 Å². The molecule has 0 radical (unpaired) electrons. The van der Waals surface area contributed by atoms with Crippen LogP contribution in [0.5, 0.6) is 0 Å². The average Bonchev–Trinajstić information content (AvgIpc) is 3.35. The van der Waals surface area contributed by atoms with Crippen molar-refractivity contribution >= 4 is 34.7 Å². The number of amides is 1. The number of fused-ring (bicyclic) bond motifs is 4. The van der Waals surface area contributed by atoms with Gasteiger partial charge < -0.3 is 10.2 Å². The second-order valence-electron chi connectivity index (χ2n) is 7.58. The molecule has 0 aliphatic carbocycles. The molecule has 1 N–H and O–H groups in total. The van der Waals surface area contributed by atoms with Gasteiger partial charge in [0.25, 0.3) is 5.91 Å². The fourth-order valence-corrected chi connectivity index (χ4v) is 5.30. The van der Waals surface area contributed by atoms with Gasteiger partial charge in [0, 0.05) is 24.0 Å². The number of nitrogens with zero attached hydrogens (tertiary/aromatic N) is 4. The molecule has 3 aliphatic heterocycles. The van der Waals surface area contributed by atoms with Gasteiger partial charge in [-0.15, -0.1) is 16.4 Å². The number of hydrogen-bond donors (Lipinski definition) is 1. The quantitative estimate of drug-likeness (QED) is 0.748. The Kier molecular flexibility index (Phi) is 4.75. The molecule has 2 saturated heterocycles. The minimum absolute atomic E-state index is 0.0362. The molecule has 6 nitrogen and oxygen atoms in total. The Morgan fingerprint density at radius 2 is 2.13 bits per heavy atom.